The van der Waals surface area contributed by atoms with Gasteiger partial charge in [0, 0.05) is 31.7 Å². The van der Waals surface area contributed by atoms with Crippen molar-refractivity contribution >= 4 is 11.5 Å². The molecule has 2 rings (SSSR count). The summed E-state index contributed by atoms with van der Waals surface area (Å²) >= 11 is 0. The number of carbonyl (C=O) groups excluding carboxylic acids is 1. The first-order valence-electron chi connectivity index (χ1n) is 7.19. The lowest BCUT2D eigenvalue weighted by atomic mass is 9.91. The van der Waals surface area contributed by atoms with Gasteiger partial charge in [0.05, 0.1) is 18.0 Å². The topological polar surface area (TPSA) is 64.4 Å². The van der Waals surface area contributed by atoms with Crippen molar-refractivity contribution in [3.8, 4) is 0 Å². The number of methoxy groups -OCH3 is 1. The van der Waals surface area contributed by atoms with Crippen molar-refractivity contribution in [3.63, 3.8) is 0 Å². The molecular formula is C15H23N3O3. The molecule has 0 bridgehead atoms. The van der Waals surface area contributed by atoms with Gasteiger partial charge in [0.25, 0.3) is 5.56 Å². The number of nitrogens with zero attached hydrogens (tertiary/aromatic N) is 3. The molecule has 1 fully saturated rings. The highest BCUT2D eigenvalue weighted by molar-refractivity contribution is 5.83. The maximum Gasteiger partial charge on any atom is 0.269 e. The normalized spacial score (nSPS) is 19.0. The van der Waals surface area contributed by atoms with Crippen LogP contribution in [0.15, 0.2) is 17.1 Å². The van der Waals surface area contributed by atoms with Crippen LogP contribution in [0.4, 0.5) is 5.69 Å². The van der Waals surface area contributed by atoms with E-state index in [1.807, 2.05) is 20.8 Å². The van der Waals surface area contributed by atoms with Crippen LogP contribution in [-0.2, 0) is 16.1 Å². The van der Waals surface area contributed by atoms with Crippen LogP contribution < -0.4 is 10.5 Å². The first-order valence-corrected chi connectivity index (χ1v) is 7.19. The first kappa shape index (κ1) is 15.7. The fourth-order valence-corrected chi connectivity index (χ4v) is 2.24. The number of carbonyl (C=O) groups is 1. The van der Waals surface area contributed by atoms with Crippen LogP contribution in [0, 0.1) is 5.41 Å². The van der Waals surface area contributed by atoms with Crippen molar-refractivity contribution in [2.45, 2.75) is 39.8 Å². The third kappa shape index (κ3) is 3.69. The third-order valence-corrected chi connectivity index (χ3v) is 3.83. The molecule has 1 atom stereocenters. The second-order valence-corrected chi connectivity index (χ2v) is 6.48. The lowest BCUT2D eigenvalue weighted by Crippen LogP contribution is -2.33. The van der Waals surface area contributed by atoms with Crippen LogP contribution in [0.5, 0.6) is 0 Å². The van der Waals surface area contributed by atoms with Crippen molar-refractivity contribution < 1.29 is 9.53 Å². The maximum atomic E-state index is 12.1. The van der Waals surface area contributed by atoms with E-state index >= 15 is 0 Å². The van der Waals surface area contributed by atoms with E-state index in [-0.39, 0.29) is 24.0 Å². The number of hydrogen-bond acceptors (Lipinski definition) is 5. The first-order chi connectivity index (χ1) is 9.81. The van der Waals surface area contributed by atoms with E-state index in [0.717, 1.165) is 25.2 Å². The molecule has 2 heterocycles. The fourth-order valence-electron chi connectivity index (χ4n) is 2.24. The van der Waals surface area contributed by atoms with Gasteiger partial charge in [-0.1, -0.05) is 20.8 Å². The number of rotatable bonds is 4. The zero-order valence-corrected chi connectivity index (χ0v) is 13.1. The van der Waals surface area contributed by atoms with Gasteiger partial charge < -0.3 is 9.64 Å². The summed E-state index contributed by atoms with van der Waals surface area (Å²) < 4.78 is 6.54. The Hall–Kier alpha value is -1.69. The van der Waals surface area contributed by atoms with Gasteiger partial charge in [-0.2, -0.15) is 5.10 Å². The molecule has 0 saturated carbocycles. The summed E-state index contributed by atoms with van der Waals surface area (Å²) in [5.74, 6) is -0.00882. The maximum absolute atomic E-state index is 12.1. The smallest absolute Gasteiger partial charge is 0.269 e. The highest BCUT2D eigenvalue weighted by atomic mass is 16.5. The summed E-state index contributed by atoms with van der Waals surface area (Å²) in [5, 5.41) is 4.13. The molecule has 1 saturated heterocycles. The number of Topliss-reactive ketones (excluding diaryl/α,β-unsaturated/α-hetero) is 1. The molecule has 0 amide bonds. The number of hydrogen-bond donors (Lipinski definition) is 0. The lowest BCUT2D eigenvalue weighted by Gasteiger charge is -2.19. The Kier molecular flexibility index (Phi) is 4.46. The highest BCUT2D eigenvalue weighted by Gasteiger charge is 2.24. The summed E-state index contributed by atoms with van der Waals surface area (Å²) in [7, 11) is 1.70. The van der Waals surface area contributed by atoms with Gasteiger partial charge in [0.1, 0.15) is 6.54 Å². The van der Waals surface area contributed by atoms with Gasteiger partial charge in [-0.05, 0) is 6.42 Å². The van der Waals surface area contributed by atoms with Crippen LogP contribution in [0.3, 0.4) is 0 Å². The molecule has 0 radical (unpaired) electrons. The Bertz CT molecular complexity index is 574. The van der Waals surface area contributed by atoms with Gasteiger partial charge >= 0.3 is 0 Å². The van der Waals surface area contributed by atoms with Crippen LogP contribution in [0.2, 0.25) is 0 Å². The quantitative estimate of drug-likeness (QED) is 0.831. The number of aromatic nitrogens is 2. The van der Waals surface area contributed by atoms with Gasteiger partial charge in [0.2, 0.25) is 0 Å². The monoisotopic (exact) mass is 293 g/mol. The van der Waals surface area contributed by atoms with Crippen molar-refractivity contribution in [1.29, 1.82) is 0 Å². The van der Waals surface area contributed by atoms with Crippen LogP contribution in [0.1, 0.15) is 27.2 Å². The number of ketones is 1. The summed E-state index contributed by atoms with van der Waals surface area (Å²) in [6.07, 6.45) is 2.80. The molecule has 1 aliphatic rings. The molecule has 116 valence electrons. The van der Waals surface area contributed by atoms with Crippen molar-refractivity contribution in [2.24, 2.45) is 5.41 Å². The van der Waals surface area contributed by atoms with Crippen LogP contribution >= 0.6 is 0 Å². The SMILES string of the molecule is COC1CCN(c2cnn(CC(=O)C(C)(C)C)c(=O)c2)C1. The van der Waals surface area contributed by atoms with E-state index in [4.69, 9.17) is 4.74 Å². The molecule has 0 N–H and O–H groups in total. The summed E-state index contributed by atoms with van der Waals surface area (Å²) in [6, 6.07) is 1.54. The van der Waals surface area contributed by atoms with E-state index < -0.39 is 5.41 Å². The Balaban J connectivity index is 2.12. The van der Waals surface area contributed by atoms with E-state index in [0.29, 0.717) is 0 Å². The highest BCUT2D eigenvalue weighted by Crippen LogP contribution is 2.19. The minimum absolute atomic E-state index is 0.00882. The second-order valence-electron chi connectivity index (χ2n) is 6.48. The molecular weight excluding hydrogens is 270 g/mol. The summed E-state index contributed by atoms with van der Waals surface area (Å²) in [4.78, 5) is 26.2. The summed E-state index contributed by atoms with van der Waals surface area (Å²) in [6.45, 7) is 7.15. The minimum atomic E-state index is -0.472. The van der Waals surface area contributed by atoms with E-state index in [1.54, 1.807) is 19.4 Å². The zero-order valence-electron chi connectivity index (χ0n) is 13.1. The van der Waals surface area contributed by atoms with Crippen LogP contribution in [0.25, 0.3) is 0 Å². The van der Waals surface area contributed by atoms with E-state index in [2.05, 4.69) is 10.00 Å². The molecule has 0 aromatic carbocycles. The third-order valence-electron chi connectivity index (χ3n) is 3.83. The Morgan fingerprint density at radius 2 is 2.19 bits per heavy atom. The van der Waals surface area contributed by atoms with Crippen molar-refractivity contribution in [2.75, 3.05) is 25.1 Å². The molecule has 1 aliphatic heterocycles. The minimum Gasteiger partial charge on any atom is -0.380 e. The molecule has 1 unspecified atom stereocenters. The Morgan fingerprint density at radius 1 is 1.48 bits per heavy atom. The molecule has 6 heteroatoms. The van der Waals surface area contributed by atoms with Crippen molar-refractivity contribution in [1.82, 2.24) is 9.78 Å². The molecule has 21 heavy (non-hydrogen) atoms. The van der Waals surface area contributed by atoms with E-state index in [1.165, 1.54) is 4.68 Å². The molecule has 6 nitrogen and oxygen atoms in total. The van der Waals surface area contributed by atoms with Gasteiger partial charge in [-0.3, -0.25) is 9.59 Å². The van der Waals surface area contributed by atoms with Gasteiger partial charge in [-0.25, -0.2) is 4.68 Å². The molecule has 0 aliphatic carbocycles. The predicted molar refractivity (Wildman–Crippen MR) is 80.6 cm³/mol. The lowest BCUT2D eigenvalue weighted by molar-refractivity contribution is -0.127. The standard InChI is InChI=1S/C15H23N3O3/c1-15(2,3)13(19)10-18-14(20)7-11(8-16-18)17-6-5-12(9-17)21-4/h7-8,12H,5-6,9-10H2,1-4H3. The molecule has 0 spiro atoms. The average molecular weight is 293 g/mol. The van der Waals surface area contributed by atoms with Crippen LogP contribution in [-0.4, -0.2) is 41.9 Å². The number of ether oxygens (including phenoxy) is 1. The zero-order chi connectivity index (χ0) is 15.6. The summed E-state index contributed by atoms with van der Waals surface area (Å²) in [5.41, 5.74) is 0.0745. The van der Waals surface area contributed by atoms with Gasteiger partial charge in [0.15, 0.2) is 5.78 Å². The molecule has 1 aromatic rings. The van der Waals surface area contributed by atoms with Crippen molar-refractivity contribution in [3.05, 3.63) is 22.6 Å². The Labute approximate surface area is 124 Å². The average Bonchev–Trinajstić information content (AvgIpc) is 2.88. The fraction of sp³-hybridized carbons (Fsp3) is 0.667. The molecule has 1 aromatic heterocycles. The number of anilines is 1. The largest absolute Gasteiger partial charge is 0.380 e. The van der Waals surface area contributed by atoms with Gasteiger partial charge in [-0.15, -0.1) is 0 Å². The Morgan fingerprint density at radius 3 is 2.71 bits per heavy atom. The predicted octanol–water partition coefficient (Wildman–Crippen LogP) is 1.08. The van der Waals surface area contributed by atoms with E-state index in [9.17, 15) is 9.59 Å². The second kappa shape index (κ2) is 5.97.